The molecule has 0 radical (unpaired) electrons. The second-order valence-electron chi connectivity index (χ2n) is 3.19. The van der Waals surface area contributed by atoms with Crippen molar-refractivity contribution in [2.75, 3.05) is 13.7 Å². The van der Waals surface area contributed by atoms with Gasteiger partial charge in [-0.3, -0.25) is 0 Å². The van der Waals surface area contributed by atoms with E-state index in [1.165, 1.54) is 7.11 Å². The summed E-state index contributed by atoms with van der Waals surface area (Å²) in [6, 6.07) is 4.94. The minimum absolute atomic E-state index is 0.0141. The lowest BCUT2D eigenvalue weighted by Crippen LogP contribution is -2.10. The highest BCUT2D eigenvalue weighted by Gasteiger charge is 2.30. The maximum atomic E-state index is 11.9. The third-order valence-electron chi connectivity index (χ3n) is 2.39. The summed E-state index contributed by atoms with van der Waals surface area (Å²) in [4.78, 5) is 0.518. The van der Waals surface area contributed by atoms with Crippen LogP contribution in [0.5, 0.6) is 5.75 Å². The number of benzene rings is 1. The molecule has 2 rings (SSSR count). The van der Waals surface area contributed by atoms with E-state index in [1.54, 1.807) is 24.3 Å². The molecule has 0 unspecified atom stereocenters. The van der Waals surface area contributed by atoms with E-state index in [-0.39, 0.29) is 16.3 Å². The number of nitrogens with two attached hydrogens (primary N) is 1. The highest BCUT2D eigenvalue weighted by molar-refractivity contribution is 7.95. The van der Waals surface area contributed by atoms with Gasteiger partial charge in [-0.2, -0.15) is 0 Å². The Hall–Kier alpha value is -1.33. The van der Waals surface area contributed by atoms with Gasteiger partial charge >= 0.3 is 0 Å². The molecule has 1 aromatic carbocycles. The molecule has 1 heterocycles. The predicted octanol–water partition coefficient (Wildman–Crippen LogP) is 0.782. The Labute approximate surface area is 88.3 Å². The van der Waals surface area contributed by atoms with Crippen molar-refractivity contribution < 1.29 is 13.2 Å². The number of rotatable bonds is 2. The van der Waals surface area contributed by atoms with Crippen LogP contribution in [0, 0.1) is 0 Å². The molecule has 2 N–H and O–H groups in total. The Bertz CT molecular complexity index is 532. The zero-order valence-electron chi connectivity index (χ0n) is 8.23. The molecule has 5 heteroatoms. The first-order valence-electron chi connectivity index (χ1n) is 4.44. The minimum atomic E-state index is -3.37. The van der Waals surface area contributed by atoms with Crippen LogP contribution in [-0.2, 0) is 9.84 Å². The Kier molecular flexibility index (Phi) is 2.28. The molecule has 0 spiro atoms. The maximum absolute atomic E-state index is 11.9. The van der Waals surface area contributed by atoms with Gasteiger partial charge in [-0.15, -0.1) is 0 Å². The number of hydrogen-bond donors (Lipinski definition) is 1. The molecule has 80 valence electrons. The average molecular weight is 225 g/mol. The summed E-state index contributed by atoms with van der Waals surface area (Å²) < 4.78 is 28.9. The van der Waals surface area contributed by atoms with Crippen LogP contribution >= 0.6 is 0 Å². The zero-order valence-corrected chi connectivity index (χ0v) is 9.04. The molecule has 4 nitrogen and oxygen atoms in total. The van der Waals surface area contributed by atoms with Crippen LogP contribution in [0.2, 0.25) is 0 Å². The minimum Gasteiger partial charge on any atom is -0.496 e. The molecule has 0 amide bonds. The van der Waals surface area contributed by atoms with E-state index in [0.29, 0.717) is 11.3 Å². The normalized spacial score (nSPS) is 17.1. The van der Waals surface area contributed by atoms with Crippen molar-refractivity contribution in [2.45, 2.75) is 4.90 Å². The molecule has 0 saturated heterocycles. The van der Waals surface area contributed by atoms with E-state index in [4.69, 9.17) is 10.5 Å². The van der Waals surface area contributed by atoms with E-state index in [1.807, 2.05) is 0 Å². The van der Waals surface area contributed by atoms with Crippen molar-refractivity contribution in [3.63, 3.8) is 0 Å². The Balaban J connectivity index is 2.73. The van der Waals surface area contributed by atoms with Crippen LogP contribution < -0.4 is 10.5 Å². The number of hydrogen-bond acceptors (Lipinski definition) is 4. The van der Waals surface area contributed by atoms with Crippen LogP contribution in [0.25, 0.3) is 6.08 Å². The van der Waals surface area contributed by atoms with Crippen molar-refractivity contribution in [1.82, 2.24) is 0 Å². The van der Waals surface area contributed by atoms with Gasteiger partial charge in [0, 0.05) is 12.1 Å². The average Bonchev–Trinajstić information content (AvgIpc) is 2.50. The summed E-state index contributed by atoms with van der Waals surface area (Å²) in [6.07, 6.45) is 1.57. The molecule has 0 atom stereocenters. The van der Waals surface area contributed by atoms with Crippen LogP contribution in [0.3, 0.4) is 0 Å². The fourth-order valence-electron chi connectivity index (χ4n) is 1.63. The van der Waals surface area contributed by atoms with E-state index >= 15 is 0 Å². The molecule has 0 fully saturated rings. The molecular formula is C10H11NO3S. The fraction of sp³-hybridized carbons (Fsp3) is 0.200. The summed E-state index contributed by atoms with van der Waals surface area (Å²) in [6.45, 7) is 0.0141. The predicted molar refractivity (Wildman–Crippen MR) is 57.2 cm³/mol. The molecular weight excluding hydrogens is 214 g/mol. The first-order valence-corrected chi connectivity index (χ1v) is 5.92. The molecule has 0 bridgehead atoms. The quantitative estimate of drug-likeness (QED) is 0.807. The lowest BCUT2D eigenvalue weighted by atomic mass is 10.2. The van der Waals surface area contributed by atoms with Gasteiger partial charge in [-0.05, 0) is 18.2 Å². The second kappa shape index (κ2) is 3.36. The summed E-state index contributed by atoms with van der Waals surface area (Å²) in [5.74, 6) is 0.555. The smallest absolute Gasteiger partial charge is 0.204 e. The summed E-state index contributed by atoms with van der Waals surface area (Å²) >= 11 is 0. The molecule has 1 aliphatic heterocycles. The van der Waals surface area contributed by atoms with E-state index in [0.717, 1.165) is 0 Å². The van der Waals surface area contributed by atoms with Gasteiger partial charge in [0.1, 0.15) is 5.75 Å². The highest BCUT2D eigenvalue weighted by Crippen LogP contribution is 2.37. The van der Waals surface area contributed by atoms with Gasteiger partial charge in [0.2, 0.25) is 9.84 Å². The largest absolute Gasteiger partial charge is 0.496 e. The number of fused-ring (bicyclic) bond motifs is 1. The topological polar surface area (TPSA) is 69.4 Å². The van der Waals surface area contributed by atoms with E-state index in [9.17, 15) is 8.42 Å². The van der Waals surface area contributed by atoms with E-state index < -0.39 is 9.84 Å². The third kappa shape index (κ3) is 1.35. The van der Waals surface area contributed by atoms with E-state index in [2.05, 4.69) is 0 Å². The van der Waals surface area contributed by atoms with Crippen molar-refractivity contribution in [3.8, 4) is 5.75 Å². The molecule has 1 aliphatic rings. The zero-order chi connectivity index (χ0) is 11.1. The van der Waals surface area contributed by atoms with Crippen molar-refractivity contribution >= 4 is 15.9 Å². The molecule has 0 aliphatic carbocycles. The number of methoxy groups -OCH3 is 1. The van der Waals surface area contributed by atoms with Crippen LogP contribution in [0.4, 0.5) is 0 Å². The van der Waals surface area contributed by atoms with Crippen LogP contribution in [0.15, 0.2) is 28.0 Å². The monoisotopic (exact) mass is 225 g/mol. The van der Waals surface area contributed by atoms with Crippen molar-refractivity contribution in [3.05, 3.63) is 28.7 Å². The number of sulfone groups is 1. The summed E-state index contributed by atoms with van der Waals surface area (Å²) in [5.41, 5.74) is 5.99. The molecule has 1 aromatic rings. The Morgan fingerprint density at radius 3 is 2.73 bits per heavy atom. The van der Waals surface area contributed by atoms with Crippen LogP contribution in [0.1, 0.15) is 5.56 Å². The molecule has 0 saturated carbocycles. The van der Waals surface area contributed by atoms with Gasteiger partial charge in [-0.1, -0.05) is 6.07 Å². The third-order valence-corrected chi connectivity index (χ3v) is 4.30. The van der Waals surface area contributed by atoms with Crippen molar-refractivity contribution in [2.24, 2.45) is 5.73 Å². The lowest BCUT2D eigenvalue weighted by molar-refractivity contribution is 0.412. The second-order valence-corrected chi connectivity index (χ2v) is 5.16. The first kappa shape index (κ1) is 10.2. The highest BCUT2D eigenvalue weighted by atomic mass is 32.2. The Morgan fingerprint density at radius 2 is 2.13 bits per heavy atom. The van der Waals surface area contributed by atoms with Gasteiger partial charge in [-0.25, -0.2) is 8.42 Å². The molecule has 0 aromatic heterocycles. The molecule has 15 heavy (non-hydrogen) atoms. The lowest BCUT2D eigenvalue weighted by Gasteiger charge is -2.04. The maximum Gasteiger partial charge on any atom is 0.204 e. The summed E-state index contributed by atoms with van der Waals surface area (Å²) in [5, 5.41) is 0. The van der Waals surface area contributed by atoms with Gasteiger partial charge in [0.25, 0.3) is 0 Å². The first-order chi connectivity index (χ1) is 7.11. The SMILES string of the molecule is COc1cccc2c1C=C(CN)S2(=O)=O. The van der Waals surface area contributed by atoms with Crippen LogP contribution in [-0.4, -0.2) is 22.1 Å². The van der Waals surface area contributed by atoms with Gasteiger partial charge in [0.15, 0.2) is 0 Å². The summed E-state index contributed by atoms with van der Waals surface area (Å²) in [7, 11) is -1.86. The number of ether oxygens (including phenoxy) is 1. The van der Waals surface area contributed by atoms with Gasteiger partial charge < -0.3 is 10.5 Å². The van der Waals surface area contributed by atoms with Gasteiger partial charge in [0.05, 0.1) is 16.9 Å². The fourth-order valence-corrected chi connectivity index (χ4v) is 3.11. The standard InChI is InChI=1S/C10H11NO3S/c1-14-9-3-2-4-10-8(9)5-7(6-11)15(10,12)13/h2-5H,6,11H2,1H3. The Morgan fingerprint density at radius 1 is 1.40 bits per heavy atom. The van der Waals surface area contributed by atoms with Crippen molar-refractivity contribution in [1.29, 1.82) is 0 Å².